The smallest absolute Gasteiger partial charge is 0.0242 e. The summed E-state index contributed by atoms with van der Waals surface area (Å²) in [6.07, 6.45) is 5.02. The van der Waals surface area contributed by atoms with Crippen LogP contribution in [-0.2, 0) is 19.3 Å². The van der Waals surface area contributed by atoms with E-state index in [0.717, 1.165) is 6.42 Å². The topological polar surface area (TPSA) is 0 Å². The van der Waals surface area contributed by atoms with Gasteiger partial charge in [0, 0.05) is 4.32 Å². The zero-order valence-corrected chi connectivity index (χ0v) is 10.5. The maximum atomic E-state index is 3.70. The molecule has 76 valence electrons. The van der Waals surface area contributed by atoms with Crippen LogP contribution >= 0.6 is 15.9 Å². The van der Waals surface area contributed by atoms with Crippen LogP contribution in [0.2, 0.25) is 0 Å². The second kappa shape index (κ2) is 3.69. The first kappa shape index (κ1) is 10.2. The lowest BCUT2D eigenvalue weighted by Crippen LogP contribution is -2.13. The van der Waals surface area contributed by atoms with Crippen molar-refractivity contribution in [2.45, 2.75) is 43.9 Å². The quantitative estimate of drug-likeness (QED) is 0.701. The van der Waals surface area contributed by atoms with E-state index in [1.54, 1.807) is 11.1 Å². The van der Waals surface area contributed by atoms with Gasteiger partial charge in [-0.1, -0.05) is 34.1 Å². The van der Waals surface area contributed by atoms with Crippen molar-refractivity contribution in [1.29, 1.82) is 0 Å². The number of hydrogen-bond donors (Lipinski definition) is 0. The molecule has 0 aliphatic heterocycles. The molecule has 0 saturated carbocycles. The third kappa shape index (κ3) is 2.38. The summed E-state index contributed by atoms with van der Waals surface area (Å²) in [6, 6.07) is 6.99. The maximum absolute atomic E-state index is 3.70. The molecule has 0 saturated heterocycles. The summed E-state index contributed by atoms with van der Waals surface area (Å²) in [5.41, 5.74) is 4.62. The number of alkyl halides is 1. The number of fused-ring (bicyclic) bond motifs is 1. The molecule has 1 aromatic carbocycles. The van der Waals surface area contributed by atoms with Crippen molar-refractivity contribution in [2.24, 2.45) is 0 Å². The molecule has 0 fully saturated rings. The number of hydrogen-bond acceptors (Lipinski definition) is 0. The molecule has 0 amide bonds. The van der Waals surface area contributed by atoms with Gasteiger partial charge in [-0.25, -0.2) is 0 Å². The van der Waals surface area contributed by atoms with Gasteiger partial charge in [0.15, 0.2) is 0 Å². The molecule has 0 spiro atoms. The van der Waals surface area contributed by atoms with Gasteiger partial charge in [-0.2, -0.15) is 0 Å². The Morgan fingerprint density at radius 1 is 1.21 bits per heavy atom. The summed E-state index contributed by atoms with van der Waals surface area (Å²) in [7, 11) is 0. The highest BCUT2D eigenvalue weighted by Crippen LogP contribution is 2.27. The Labute approximate surface area is 94.8 Å². The third-order valence-electron chi connectivity index (χ3n) is 2.79. The van der Waals surface area contributed by atoms with Crippen molar-refractivity contribution in [3.05, 3.63) is 34.9 Å². The second-order valence-electron chi connectivity index (χ2n) is 4.85. The lowest BCUT2D eigenvalue weighted by Gasteiger charge is -2.16. The fourth-order valence-electron chi connectivity index (χ4n) is 2.22. The zero-order valence-electron chi connectivity index (χ0n) is 8.94. The van der Waals surface area contributed by atoms with Crippen molar-refractivity contribution >= 4 is 15.9 Å². The molecule has 14 heavy (non-hydrogen) atoms. The highest BCUT2D eigenvalue weighted by atomic mass is 79.9. The van der Waals surface area contributed by atoms with Crippen LogP contribution in [0.25, 0.3) is 0 Å². The van der Waals surface area contributed by atoms with Crippen molar-refractivity contribution in [3.63, 3.8) is 0 Å². The van der Waals surface area contributed by atoms with Crippen molar-refractivity contribution in [2.75, 3.05) is 0 Å². The van der Waals surface area contributed by atoms with Crippen LogP contribution in [0.4, 0.5) is 0 Å². The third-order valence-corrected chi connectivity index (χ3v) is 3.07. The molecule has 2 rings (SSSR count). The lowest BCUT2D eigenvalue weighted by molar-refractivity contribution is 0.724. The first-order chi connectivity index (χ1) is 6.54. The summed E-state index contributed by atoms with van der Waals surface area (Å²) in [4.78, 5) is 0. The number of aryl methyl sites for hydroxylation is 2. The second-order valence-corrected chi connectivity index (χ2v) is 7.00. The van der Waals surface area contributed by atoms with Gasteiger partial charge in [-0.15, -0.1) is 0 Å². The Hall–Kier alpha value is -0.300. The molecule has 1 heteroatoms. The standard InChI is InChI=1S/C13H17Br/c1-13(2,14)9-10-6-7-11-4-3-5-12(11)8-10/h6-8H,3-5,9H2,1-2H3. The first-order valence-corrected chi connectivity index (χ1v) is 6.13. The van der Waals surface area contributed by atoms with Gasteiger partial charge in [0.25, 0.3) is 0 Å². The molecular weight excluding hydrogens is 236 g/mol. The van der Waals surface area contributed by atoms with E-state index >= 15 is 0 Å². The van der Waals surface area contributed by atoms with Gasteiger partial charge in [0.05, 0.1) is 0 Å². The molecule has 0 heterocycles. The minimum Gasteiger partial charge on any atom is -0.0856 e. The van der Waals surface area contributed by atoms with Gasteiger partial charge in [-0.05, 0) is 56.2 Å². The Morgan fingerprint density at radius 3 is 2.64 bits per heavy atom. The molecule has 0 radical (unpaired) electrons. The van der Waals surface area contributed by atoms with E-state index in [0.29, 0.717) is 0 Å². The highest BCUT2D eigenvalue weighted by molar-refractivity contribution is 9.10. The fraction of sp³-hybridized carbons (Fsp3) is 0.538. The van der Waals surface area contributed by atoms with Crippen molar-refractivity contribution in [1.82, 2.24) is 0 Å². The van der Waals surface area contributed by atoms with Gasteiger partial charge < -0.3 is 0 Å². The van der Waals surface area contributed by atoms with Crippen molar-refractivity contribution < 1.29 is 0 Å². The van der Waals surface area contributed by atoms with Crippen LogP contribution in [0.3, 0.4) is 0 Å². The zero-order chi connectivity index (χ0) is 10.2. The minimum atomic E-state index is 0.222. The molecule has 1 aliphatic rings. The molecule has 1 aliphatic carbocycles. The average molecular weight is 253 g/mol. The first-order valence-electron chi connectivity index (χ1n) is 5.34. The van der Waals surface area contributed by atoms with Crippen LogP contribution in [0.1, 0.15) is 37.0 Å². The van der Waals surface area contributed by atoms with Crippen LogP contribution in [-0.4, -0.2) is 4.32 Å². The number of halogens is 1. The molecule has 0 nitrogen and oxygen atoms in total. The summed E-state index contributed by atoms with van der Waals surface area (Å²) in [5.74, 6) is 0. The average Bonchev–Trinajstić information content (AvgIpc) is 2.47. The maximum Gasteiger partial charge on any atom is 0.0242 e. The SMILES string of the molecule is CC(C)(Br)Cc1ccc2c(c1)CCC2. The monoisotopic (exact) mass is 252 g/mol. The Balaban J connectivity index is 2.21. The summed E-state index contributed by atoms with van der Waals surface area (Å²) < 4.78 is 0.222. The summed E-state index contributed by atoms with van der Waals surface area (Å²) >= 11 is 3.70. The molecule has 0 aromatic heterocycles. The molecular formula is C13H17Br. The van der Waals surface area contributed by atoms with Gasteiger partial charge >= 0.3 is 0 Å². The Morgan fingerprint density at radius 2 is 1.93 bits per heavy atom. The van der Waals surface area contributed by atoms with E-state index in [2.05, 4.69) is 48.0 Å². The van der Waals surface area contributed by atoms with E-state index in [9.17, 15) is 0 Å². The highest BCUT2D eigenvalue weighted by Gasteiger charge is 2.16. The van der Waals surface area contributed by atoms with Crippen LogP contribution in [0.5, 0.6) is 0 Å². The summed E-state index contributed by atoms with van der Waals surface area (Å²) in [5, 5.41) is 0. The molecule has 0 unspecified atom stereocenters. The Bertz CT molecular complexity index is 334. The fourth-order valence-corrected chi connectivity index (χ4v) is 2.54. The van der Waals surface area contributed by atoms with Gasteiger partial charge in [-0.3, -0.25) is 0 Å². The van der Waals surface area contributed by atoms with Gasteiger partial charge in [0.2, 0.25) is 0 Å². The molecule has 1 aromatic rings. The predicted molar refractivity (Wildman–Crippen MR) is 65.2 cm³/mol. The van der Waals surface area contributed by atoms with Crippen LogP contribution < -0.4 is 0 Å². The molecule has 0 N–H and O–H groups in total. The largest absolute Gasteiger partial charge is 0.0856 e. The van der Waals surface area contributed by atoms with Gasteiger partial charge in [0.1, 0.15) is 0 Å². The van der Waals surface area contributed by atoms with E-state index in [4.69, 9.17) is 0 Å². The summed E-state index contributed by atoms with van der Waals surface area (Å²) in [6.45, 7) is 4.44. The predicted octanol–water partition coefficient (Wildman–Crippen LogP) is 3.89. The molecule has 0 atom stereocenters. The lowest BCUT2D eigenvalue weighted by atomic mass is 9.99. The molecule has 0 bridgehead atoms. The van der Waals surface area contributed by atoms with E-state index in [1.807, 2.05) is 0 Å². The van der Waals surface area contributed by atoms with E-state index in [-0.39, 0.29) is 4.32 Å². The Kier molecular flexibility index (Phi) is 2.70. The van der Waals surface area contributed by atoms with E-state index in [1.165, 1.54) is 24.8 Å². The van der Waals surface area contributed by atoms with Crippen molar-refractivity contribution in [3.8, 4) is 0 Å². The number of benzene rings is 1. The van der Waals surface area contributed by atoms with E-state index < -0.39 is 0 Å². The minimum absolute atomic E-state index is 0.222. The number of rotatable bonds is 2. The van der Waals surface area contributed by atoms with Crippen LogP contribution in [0.15, 0.2) is 18.2 Å². The normalized spacial score (nSPS) is 15.6. The van der Waals surface area contributed by atoms with Crippen LogP contribution in [0, 0.1) is 0 Å².